The molecule has 2 heterocycles. The molecule has 2 aliphatic heterocycles. The number of benzene rings is 2. The van der Waals surface area contributed by atoms with E-state index in [0.717, 1.165) is 24.9 Å². The van der Waals surface area contributed by atoms with E-state index < -0.39 is 0 Å². The third-order valence-corrected chi connectivity index (χ3v) is 7.28. The Balaban J connectivity index is 1.16. The summed E-state index contributed by atoms with van der Waals surface area (Å²) in [7, 11) is 0. The van der Waals surface area contributed by atoms with Gasteiger partial charge in [-0.05, 0) is 61.1 Å². The lowest BCUT2D eigenvalue weighted by Gasteiger charge is -2.33. The Hall–Kier alpha value is -3.81. The van der Waals surface area contributed by atoms with Crippen molar-refractivity contribution in [3.63, 3.8) is 0 Å². The number of rotatable bonds is 7. The number of hydrogen-bond donors (Lipinski definition) is 2. The van der Waals surface area contributed by atoms with Crippen LogP contribution in [-0.4, -0.2) is 55.5 Å². The van der Waals surface area contributed by atoms with Gasteiger partial charge in [0.15, 0.2) is 0 Å². The van der Waals surface area contributed by atoms with E-state index in [1.807, 2.05) is 41.3 Å². The van der Waals surface area contributed by atoms with Crippen LogP contribution in [0.5, 0.6) is 5.75 Å². The topological polar surface area (TPSA) is 91.0 Å². The molecule has 0 bridgehead atoms. The Bertz CT molecular complexity index is 1160. The summed E-state index contributed by atoms with van der Waals surface area (Å²) in [5, 5.41) is 5.83. The normalized spacial score (nSPS) is 20.3. The van der Waals surface area contributed by atoms with Crippen molar-refractivity contribution in [3.05, 3.63) is 66.7 Å². The van der Waals surface area contributed by atoms with Crippen LogP contribution in [0.1, 0.15) is 29.6 Å². The zero-order chi connectivity index (χ0) is 24.4. The molecule has 2 aromatic rings. The number of piperidine rings is 1. The Morgan fingerprint density at radius 2 is 1.94 bits per heavy atom. The summed E-state index contributed by atoms with van der Waals surface area (Å²) in [5.41, 5.74) is 2.05. The SMILES string of the molecule is C=CCOc1cccc(C(=O)N2CCC3(CC2)C[C@@H]3C(=O)Nc2cccc(N3CCNC3=O)c2)c1. The second kappa shape index (κ2) is 9.44. The van der Waals surface area contributed by atoms with Gasteiger partial charge in [0.1, 0.15) is 12.4 Å². The van der Waals surface area contributed by atoms with Gasteiger partial charge in [0.05, 0.1) is 0 Å². The second-order valence-corrected chi connectivity index (χ2v) is 9.46. The molecule has 1 spiro atoms. The van der Waals surface area contributed by atoms with Crippen molar-refractivity contribution in [3.8, 4) is 5.75 Å². The van der Waals surface area contributed by atoms with Crippen molar-refractivity contribution in [1.82, 2.24) is 10.2 Å². The lowest BCUT2D eigenvalue weighted by Crippen LogP contribution is -2.40. The first-order chi connectivity index (χ1) is 17.0. The number of anilines is 2. The van der Waals surface area contributed by atoms with Gasteiger partial charge < -0.3 is 20.3 Å². The van der Waals surface area contributed by atoms with E-state index in [1.165, 1.54) is 0 Å². The number of nitrogens with one attached hydrogen (secondary N) is 2. The highest BCUT2D eigenvalue weighted by Gasteiger charge is 2.58. The molecule has 3 fully saturated rings. The van der Waals surface area contributed by atoms with Crippen molar-refractivity contribution in [2.45, 2.75) is 19.3 Å². The number of likely N-dealkylation sites (tertiary alicyclic amines) is 1. The third kappa shape index (κ3) is 4.73. The van der Waals surface area contributed by atoms with Crippen molar-refractivity contribution in [2.75, 3.05) is 43.0 Å². The van der Waals surface area contributed by atoms with E-state index in [0.29, 0.717) is 49.8 Å². The summed E-state index contributed by atoms with van der Waals surface area (Å²) in [6, 6.07) is 14.5. The summed E-state index contributed by atoms with van der Waals surface area (Å²) < 4.78 is 5.55. The average Bonchev–Trinajstić information content (AvgIpc) is 3.40. The molecule has 4 amide bonds. The lowest BCUT2D eigenvalue weighted by molar-refractivity contribution is -0.118. The third-order valence-electron chi connectivity index (χ3n) is 7.28. The Morgan fingerprint density at radius 3 is 2.69 bits per heavy atom. The standard InChI is InChI=1S/C27H30N4O4/c1-2-15-35-22-8-3-5-19(16-22)25(33)30-12-9-27(10-13-30)18-23(27)24(32)29-20-6-4-7-21(17-20)31-14-11-28-26(31)34/h2-8,16-17,23H,1,9-15,18H2,(H,28,34)(H,29,32)/t23-/m1/s1. The van der Waals surface area contributed by atoms with Gasteiger partial charge in [0, 0.05) is 49.0 Å². The fourth-order valence-electron chi connectivity index (χ4n) is 5.18. The van der Waals surface area contributed by atoms with Crippen LogP contribution >= 0.6 is 0 Å². The molecule has 0 radical (unpaired) electrons. The van der Waals surface area contributed by atoms with E-state index in [1.54, 1.807) is 23.1 Å². The predicted molar refractivity (Wildman–Crippen MR) is 134 cm³/mol. The monoisotopic (exact) mass is 474 g/mol. The first-order valence-electron chi connectivity index (χ1n) is 12.1. The number of carbonyl (C=O) groups is 3. The van der Waals surface area contributed by atoms with Gasteiger partial charge in [-0.25, -0.2) is 4.79 Å². The average molecular weight is 475 g/mol. The molecule has 182 valence electrons. The van der Waals surface area contributed by atoms with E-state index in [4.69, 9.17) is 4.74 Å². The van der Waals surface area contributed by atoms with Gasteiger partial charge >= 0.3 is 6.03 Å². The molecule has 2 aromatic carbocycles. The molecule has 8 nitrogen and oxygen atoms in total. The maximum absolute atomic E-state index is 13.0. The van der Waals surface area contributed by atoms with Crippen molar-refractivity contribution in [1.29, 1.82) is 0 Å². The first kappa shape index (κ1) is 23.0. The van der Waals surface area contributed by atoms with Crippen molar-refractivity contribution in [2.24, 2.45) is 11.3 Å². The fraction of sp³-hybridized carbons (Fsp3) is 0.370. The van der Waals surface area contributed by atoms with Crippen LogP contribution in [0, 0.1) is 11.3 Å². The van der Waals surface area contributed by atoms with E-state index in [-0.39, 0.29) is 29.2 Å². The van der Waals surface area contributed by atoms with Crippen LogP contribution in [0.2, 0.25) is 0 Å². The molecule has 1 aliphatic carbocycles. The van der Waals surface area contributed by atoms with Crippen molar-refractivity contribution >= 4 is 29.2 Å². The first-order valence-corrected chi connectivity index (χ1v) is 12.1. The smallest absolute Gasteiger partial charge is 0.321 e. The van der Waals surface area contributed by atoms with Gasteiger partial charge in [0.2, 0.25) is 5.91 Å². The minimum atomic E-state index is -0.119. The minimum absolute atomic E-state index is 0.00619. The van der Waals surface area contributed by atoms with Gasteiger partial charge in [-0.15, -0.1) is 0 Å². The van der Waals surface area contributed by atoms with Crippen LogP contribution in [0.15, 0.2) is 61.2 Å². The summed E-state index contributed by atoms with van der Waals surface area (Å²) in [6.45, 7) is 6.55. The zero-order valence-electron chi connectivity index (χ0n) is 19.7. The van der Waals surface area contributed by atoms with Gasteiger partial charge in [-0.1, -0.05) is 24.8 Å². The molecule has 5 rings (SSSR count). The van der Waals surface area contributed by atoms with Gasteiger partial charge in [-0.3, -0.25) is 14.5 Å². The van der Waals surface area contributed by atoms with E-state index in [9.17, 15) is 14.4 Å². The molecular formula is C27H30N4O4. The predicted octanol–water partition coefficient (Wildman–Crippen LogP) is 3.66. The minimum Gasteiger partial charge on any atom is -0.490 e. The number of carbonyl (C=O) groups excluding carboxylic acids is 3. The van der Waals surface area contributed by atoms with Crippen LogP contribution in [-0.2, 0) is 4.79 Å². The van der Waals surface area contributed by atoms with E-state index in [2.05, 4.69) is 17.2 Å². The molecule has 8 heteroatoms. The van der Waals surface area contributed by atoms with Crippen molar-refractivity contribution < 1.29 is 19.1 Å². The fourth-order valence-corrected chi connectivity index (χ4v) is 5.18. The van der Waals surface area contributed by atoms with Crippen LogP contribution in [0.4, 0.5) is 16.2 Å². The maximum atomic E-state index is 13.0. The molecular weight excluding hydrogens is 444 g/mol. The maximum Gasteiger partial charge on any atom is 0.321 e. The number of hydrogen-bond acceptors (Lipinski definition) is 4. The van der Waals surface area contributed by atoms with Crippen LogP contribution in [0.25, 0.3) is 0 Å². The lowest BCUT2D eigenvalue weighted by atomic mass is 9.90. The highest BCUT2D eigenvalue weighted by atomic mass is 16.5. The second-order valence-electron chi connectivity index (χ2n) is 9.46. The summed E-state index contributed by atoms with van der Waals surface area (Å²) in [6.07, 6.45) is 4.15. The largest absolute Gasteiger partial charge is 0.490 e. The summed E-state index contributed by atoms with van der Waals surface area (Å²) in [4.78, 5) is 41.5. The van der Waals surface area contributed by atoms with Gasteiger partial charge in [0.25, 0.3) is 5.91 Å². The highest BCUT2D eigenvalue weighted by Crippen LogP contribution is 2.59. The molecule has 35 heavy (non-hydrogen) atoms. The quantitative estimate of drug-likeness (QED) is 0.599. The number of ether oxygens (including phenoxy) is 1. The molecule has 2 N–H and O–H groups in total. The van der Waals surface area contributed by atoms with Crippen LogP contribution in [0.3, 0.4) is 0 Å². The molecule has 0 aromatic heterocycles. The molecule has 1 saturated carbocycles. The summed E-state index contributed by atoms with van der Waals surface area (Å²) in [5.74, 6) is 0.611. The van der Waals surface area contributed by atoms with Gasteiger partial charge in [-0.2, -0.15) is 0 Å². The number of nitrogens with zero attached hydrogens (tertiary/aromatic N) is 2. The molecule has 1 atom stereocenters. The Labute approximate surface area is 204 Å². The molecule has 2 saturated heterocycles. The molecule has 0 unspecified atom stereocenters. The Morgan fingerprint density at radius 1 is 1.14 bits per heavy atom. The number of amides is 4. The highest BCUT2D eigenvalue weighted by molar-refractivity contribution is 5.98. The van der Waals surface area contributed by atoms with E-state index >= 15 is 0 Å². The number of urea groups is 1. The summed E-state index contributed by atoms with van der Waals surface area (Å²) >= 11 is 0. The molecule has 3 aliphatic rings. The Kier molecular flexibility index (Phi) is 6.19. The zero-order valence-corrected chi connectivity index (χ0v) is 19.7. The van der Waals surface area contributed by atoms with Crippen LogP contribution < -0.4 is 20.3 Å².